The molecule has 1 fully saturated rings. The van der Waals surface area contributed by atoms with Gasteiger partial charge in [-0.2, -0.15) is 26.3 Å². The van der Waals surface area contributed by atoms with Crippen LogP contribution in [0.5, 0.6) is 0 Å². The lowest BCUT2D eigenvalue weighted by molar-refractivity contribution is -0.231. The fourth-order valence-electron chi connectivity index (χ4n) is 4.30. The summed E-state index contributed by atoms with van der Waals surface area (Å²) in [5.41, 5.74) is -4.31. The van der Waals surface area contributed by atoms with Crippen LogP contribution in [0, 0.1) is 5.82 Å². The number of hydrogen-bond acceptors (Lipinski definition) is 6. The summed E-state index contributed by atoms with van der Waals surface area (Å²) in [5, 5.41) is 3.61. The number of ether oxygens (including phenoxy) is 2. The van der Waals surface area contributed by atoms with Crippen molar-refractivity contribution in [3.05, 3.63) is 86.8 Å². The lowest BCUT2D eigenvalue weighted by Crippen LogP contribution is -2.46. The molecule has 1 aliphatic heterocycles. The van der Waals surface area contributed by atoms with Crippen LogP contribution in [0.15, 0.2) is 47.3 Å². The molecular weight excluding hydrogens is 592 g/mol. The molecule has 2 heterocycles. The van der Waals surface area contributed by atoms with E-state index in [1.165, 1.54) is 19.1 Å². The number of halogens is 7. The van der Waals surface area contributed by atoms with E-state index in [-0.39, 0.29) is 36.0 Å². The van der Waals surface area contributed by atoms with Crippen molar-refractivity contribution >= 4 is 7.75 Å². The van der Waals surface area contributed by atoms with Gasteiger partial charge in [0, 0.05) is 6.54 Å². The fourth-order valence-corrected chi connectivity index (χ4v) is 4.81. The zero-order valence-electron chi connectivity index (χ0n) is 20.9. The Hall–Kier alpha value is -3.08. The molecule has 3 aromatic rings. The quantitative estimate of drug-likeness (QED) is 0.265. The molecule has 224 valence electrons. The zero-order chi connectivity index (χ0) is 30.3. The second-order valence-electron chi connectivity index (χ2n) is 9.10. The Balaban J connectivity index is 1.68. The minimum atomic E-state index is -5.07. The number of rotatable bonds is 7. The highest BCUT2D eigenvalue weighted by Crippen LogP contribution is 2.40. The van der Waals surface area contributed by atoms with Crippen LogP contribution in [0.4, 0.5) is 30.7 Å². The maximum absolute atomic E-state index is 13.7. The van der Waals surface area contributed by atoms with Crippen LogP contribution in [-0.4, -0.2) is 48.7 Å². The zero-order valence-corrected chi connectivity index (χ0v) is 21.8. The number of aromatic nitrogens is 3. The Labute approximate surface area is 226 Å². The van der Waals surface area contributed by atoms with Gasteiger partial charge in [-0.3, -0.25) is 9.88 Å². The van der Waals surface area contributed by atoms with Crippen molar-refractivity contribution in [2.75, 3.05) is 13.2 Å². The van der Waals surface area contributed by atoms with Gasteiger partial charge < -0.3 is 19.3 Å². The van der Waals surface area contributed by atoms with Crippen LogP contribution in [0.25, 0.3) is 0 Å². The first-order chi connectivity index (χ1) is 18.9. The smallest absolute Gasteiger partial charge is 0.349 e. The predicted molar refractivity (Wildman–Crippen MR) is 126 cm³/mol. The topological polar surface area (TPSA) is 130 Å². The van der Waals surface area contributed by atoms with Gasteiger partial charge in [0.25, 0.3) is 0 Å². The average molecular weight is 614 g/mol. The number of H-pyrrole nitrogens is 1. The molecule has 0 spiro atoms. The lowest BCUT2D eigenvalue weighted by atomic mass is 10.0. The third kappa shape index (κ3) is 7.23. The van der Waals surface area contributed by atoms with E-state index in [0.29, 0.717) is 17.7 Å². The van der Waals surface area contributed by atoms with Crippen LogP contribution in [0.1, 0.15) is 47.1 Å². The van der Waals surface area contributed by atoms with Gasteiger partial charge in [0.2, 0.25) is 0 Å². The van der Waals surface area contributed by atoms with Crippen LogP contribution < -0.4 is 5.69 Å². The molecule has 18 heteroatoms. The average Bonchev–Trinajstić information content (AvgIpc) is 3.24. The number of alkyl halides is 6. The molecule has 10 nitrogen and oxygen atoms in total. The Kier molecular flexibility index (Phi) is 8.51. The molecular formula is C23H22F7N4O6P. The lowest BCUT2D eigenvalue weighted by Gasteiger charge is -2.41. The molecule has 3 atom stereocenters. The standard InChI is InChI=1S/C23H22F7N4O6P/c1-12(14-8-15(22(25,26)27)10-16(9-14)23(28,29)30)40-20-19(13-2-4-17(24)5-3-13)33(6-7-39-20)11-18-31-21(35)34(32-18)41(36,37)38/h2-5,8-10,12,19-20H,6-7,11H2,1H3,(H,31,32,35)(H2,36,37,38)/t12-,19-,20-/m0/s1. The Morgan fingerprint density at radius 2 is 1.68 bits per heavy atom. The van der Waals surface area contributed by atoms with Crippen molar-refractivity contribution in [1.29, 1.82) is 0 Å². The monoisotopic (exact) mass is 614 g/mol. The van der Waals surface area contributed by atoms with E-state index < -0.39 is 66.7 Å². The Bertz CT molecular complexity index is 1450. The third-order valence-corrected chi connectivity index (χ3v) is 6.95. The van der Waals surface area contributed by atoms with Gasteiger partial charge in [-0.15, -0.1) is 9.55 Å². The predicted octanol–water partition coefficient (Wildman–Crippen LogP) is 4.37. The number of hydrogen-bond donors (Lipinski definition) is 3. The summed E-state index contributed by atoms with van der Waals surface area (Å²) < 4.78 is 117. The minimum Gasteiger partial charge on any atom is -0.349 e. The largest absolute Gasteiger partial charge is 0.454 e. The Morgan fingerprint density at radius 3 is 2.20 bits per heavy atom. The van der Waals surface area contributed by atoms with E-state index in [4.69, 9.17) is 9.47 Å². The highest BCUT2D eigenvalue weighted by molar-refractivity contribution is 7.49. The van der Waals surface area contributed by atoms with Crippen LogP contribution in [-0.2, 0) is 32.9 Å². The molecule has 1 aliphatic rings. The van der Waals surface area contributed by atoms with Crippen molar-refractivity contribution in [1.82, 2.24) is 19.4 Å². The van der Waals surface area contributed by atoms with Crippen LogP contribution in [0.3, 0.4) is 0 Å². The van der Waals surface area contributed by atoms with Crippen LogP contribution >= 0.6 is 7.75 Å². The van der Waals surface area contributed by atoms with E-state index in [1.807, 2.05) is 0 Å². The van der Waals surface area contributed by atoms with Crippen molar-refractivity contribution in [2.24, 2.45) is 0 Å². The molecule has 0 amide bonds. The van der Waals surface area contributed by atoms with Crippen LogP contribution in [0.2, 0.25) is 0 Å². The van der Waals surface area contributed by atoms with E-state index in [9.17, 15) is 49.9 Å². The molecule has 0 radical (unpaired) electrons. The molecule has 1 aromatic heterocycles. The van der Waals surface area contributed by atoms with E-state index in [0.717, 1.165) is 12.1 Å². The Morgan fingerprint density at radius 1 is 1.10 bits per heavy atom. The molecule has 0 saturated carbocycles. The van der Waals surface area contributed by atoms with Gasteiger partial charge in [0.1, 0.15) is 11.6 Å². The van der Waals surface area contributed by atoms with Crippen molar-refractivity contribution < 1.29 is 54.6 Å². The SMILES string of the molecule is C[C@H](O[C@@H]1OCCN(Cc2nn(P(=O)(O)O)c(=O)[nH]2)[C@H]1c1ccc(F)cc1)c1cc(C(F)(F)F)cc(C(F)(F)F)c1. The molecule has 4 rings (SSSR count). The van der Waals surface area contributed by atoms with Crippen molar-refractivity contribution in [2.45, 2.75) is 44.3 Å². The van der Waals surface area contributed by atoms with Gasteiger partial charge in [0.15, 0.2) is 6.29 Å². The molecule has 0 aliphatic carbocycles. The maximum Gasteiger partial charge on any atom is 0.454 e. The summed E-state index contributed by atoms with van der Waals surface area (Å²) >= 11 is 0. The van der Waals surface area contributed by atoms with Gasteiger partial charge in [-0.25, -0.2) is 13.8 Å². The van der Waals surface area contributed by atoms with Crippen molar-refractivity contribution in [3.8, 4) is 0 Å². The first-order valence-corrected chi connectivity index (χ1v) is 13.3. The highest BCUT2D eigenvalue weighted by atomic mass is 31.2. The number of nitrogens with one attached hydrogen (secondary N) is 1. The summed E-state index contributed by atoms with van der Waals surface area (Å²) in [6.45, 7) is 1.04. The summed E-state index contributed by atoms with van der Waals surface area (Å²) in [7, 11) is -5.07. The van der Waals surface area contributed by atoms with Gasteiger partial charge >= 0.3 is 25.8 Å². The number of aromatic amines is 1. The molecule has 3 N–H and O–H groups in total. The fraction of sp³-hybridized carbons (Fsp3) is 0.391. The second kappa shape index (κ2) is 11.3. The van der Waals surface area contributed by atoms with Crippen molar-refractivity contribution in [3.63, 3.8) is 0 Å². The second-order valence-corrected chi connectivity index (χ2v) is 10.5. The normalized spacial score (nSPS) is 19.9. The van der Waals surface area contributed by atoms with E-state index in [1.54, 1.807) is 4.90 Å². The van der Waals surface area contributed by atoms with E-state index in [2.05, 4.69) is 10.1 Å². The van der Waals surface area contributed by atoms with Gasteiger partial charge in [0.05, 0.1) is 36.4 Å². The highest BCUT2D eigenvalue weighted by Gasteiger charge is 2.39. The minimum absolute atomic E-state index is 0.00603. The van der Waals surface area contributed by atoms with Gasteiger partial charge in [-0.1, -0.05) is 12.1 Å². The molecule has 0 unspecified atom stereocenters. The molecule has 2 aromatic carbocycles. The molecule has 0 bridgehead atoms. The molecule has 1 saturated heterocycles. The number of benzene rings is 2. The summed E-state index contributed by atoms with van der Waals surface area (Å²) in [4.78, 5) is 34.3. The number of nitrogens with zero attached hydrogens (tertiary/aromatic N) is 3. The first kappa shape index (κ1) is 30.9. The summed E-state index contributed by atoms with van der Waals surface area (Å²) in [6.07, 6.45) is -12.8. The summed E-state index contributed by atoms with van der Waals surface area (Å²) in [5.74, 6) is -0.775. The van der Waals surface area contributed by atoms with Gasteiger partial charge in [-0.05, 0) is 48.4 Å². The third-order valence-electron chi connectivity index (χ3n) is 6.19. The maximum atomic E-state index is 13.7. The number of morpholine rings is 1. The van der Waals surface area contributed by atoms with E-state index >= 15 is 0 Å². The summed E-state index contributed by atoms with van der Waals surface area (Å²) in [6, 6.07) is 5.01. The molecule has 41 heavy (non-hydrogen) atoms. The first-order valence-electron chi connectivity index (χ1n) is 11.7.